The summed E-state index contributed by atoms with van der Waals surface area (Å²) in [6, 6.07) is 5.84. The van der Waals surface area contributed by atoms with Gasteiger partial charge in [0.05, 0.1) is 5.56 Å². The molecule has 1 N–H and O–H groups in total. The average molecular weight is 359 g/mol. The first-order chi connectivity index (χ1) is 11.1. The van der Waals surface area contributed by atoms with E-state index in [9.17, 15) is 13.2 Å². The topological polar surface area (TPSA) is 27.1 Å². The molecule has 6 heteroatoms. The highest BCUT2D eigenvalue weighted by molar-refractivity contribution is 6.17. The number of nitrogens with zero attached hydrogens (tertiary/aromatic N) is 1. The minimum atomic E-state index is -4.32. The lowest BCUT2D eigenvalue weighted by atomic mass is 9.48. The van der Waals surface area contributed by atoms with Crippen molar-refractivity contribution in [3.8, 4) is 0 Å². The van der Waals surface area contributed by atoms with Crippen molar-refractivity contribution in [3.05, 3.63) is 35.4 Å². The van der Waals surface area contributed by atoms with Gasteiger partial charge in [-0.15, -0.1) is 11.6 Å². The molecular weight excluding hydrogens is 337 g/mol. The molecule has 1 heterocycles. The number of halogens is 4. The summed E-state index contributed by atoms with van der Waals surface area (Å²) < 4.78 is 38.5. The van der Waals surface area contributed by atoms with Gasteiger partial charge in [0.25, 0.3) is 0 Å². The molecule has 0 bridgehead atoms. The van der Waals surface area contributed by atoms with Crippen molar-refractivity contribution in [2.24, 2.45) is 5.41 Å². The molecule has 2 unspecified atom stereocenters. The van der Waals surface area contributed by atoms with Gasteiger partial charge in [-0.1, -0.05) is 19.1 Å². The maximum Gasteiger partial charge on any atom is 0.416 e. The van der Waals surface area contributed by atoms with Crippen molar-refractivity contribution < 1.29 is 13.2 Å². The van der Waals surface area contributed by atoms with Crippen molar-refractivity contribution in [3.63, 3.8) is 0 Å². The fourth-order valence-electron chi connectivity index (χ4n) is 4.30. The van der Waals surface area contributed by atoms with Gasteiger partial charge in [-0.05, 0) is 37.5 Å². The molecule has 1 aromatic rings. The van der Waals surface area contributed by atoms with Gasteiger partial charge in [0.15, 0.2) is 0 Å². The normalized spacial score (nSPS) is 31.7. The van der Waals surface area contributed by atoms with E-state index in [2.05, 4.69) is 18.7 Å². The molecule has 0 amide bonds. The van der Waals surface area contributed by atoms with E-state index in [-0.39, 0.29) is 10.8 Å². The van der Waals surface area contributed by atoms with Gasteiger partial charge in [-0.2, -0.15) is 13.2 Å². The highest BCUT2D eigenvalue weighted by atomic mass is 35.5. The number of hydrogen-bond donors (Lipinski definition) is 1. The molecule has 1 aliphatic carbocycles. The second-order valence-corrected chi connectivity index (χ2v) is 7.75. The molecule has 1 saturated carbocycles. The Morgan fingerprint density at radius 3 is 2.38 bits per heavy atom. The summed E-state index contributed by atoms with van der Waals surface area (Å²) in [5, 5.41) is 8.27. The van der Waals surface area contributed by atoms with E-state index in [1.54, 1.807) is 12.1 Å². The van der Waals surface area contributed by atoms with Gasteiger partial charge < -0.3 is 5.41 Å². The minimum Gasteiger partial charge on any atom is -0.309 e. The Morgan fingerprint density at radius 1 is 1.25 bits per heavy atom. The van der Waals surface area contributed by atoms with Crippen LogP contribution in [0.4, 0.5) is 13.2 Å². The Labute approximate surface area is 145 Å². The van der Waals surface area contributed by atoms with E-state index in [1.165, 1.54) is 0 Å². The van der Waals surface area contributed by atoms with Gasteiger partial charge in [0.2, 0.25) is 0 Å². The number of hydrogen-bond acceptors (Lipinski definition) is 2. The van der Waals surface area contributed by atoms with Crippen LogP contribution in [0.3, 0.4) is 0 Å². The predicted molar refractivity (Wildman–Crippen MR) is 89.9 cm³/mol. The zero-order valence-corrected chi connectivity index (χ0v) is 14.6. The molecule has 2 aliphatic rings. The van der Waals surface area contributed by atoms with Gasteiger partial charge in [-0.3, -0.25) is 4.90 Å². The Balaban J connectivity index is 1.92. The summed E-state index contributed by atoms with van der Waals surface area (Å²) >= 11 is 5.86. The standard InChI is InChI=1S/C18H22ClF3N2/c1-12(7-8-19)24-10-16(2)15(23)9-17(16,11-24)13-3-5-14(6-4-13)18(20,21)22/h3-6,12,23H,7-11H2,1-2H3/t12?,16?,17-/m1/s1. The third kappa shape index (κ3) is 2.48. The van der Waals surface area contributed by atoms with Gasteiger partial charge in [-0.25, -0.2) is 0 Å². The second kappa shape index (κ2) is 5.73. The summed E-state index contributed by atoms with van der Waals surface area (Å²) in [6.07, 6.45) is -2.82. The van der Waals surface area contributed by atoms with Crippen LogP contribution < -0.4 is 0 Å². The summed E-state index contributed by atoms with van der Waals surface area (Å²) in [5.41, 5.74) is 0.434. The van der Waals surface area contributed by atoms with Crippen LogP contribution in [0, 0.1) is 10.8 Å². The van der Waals surface area contributed by atoms with Gasteiger partial charge in [0.1, 0.15) is 0 Å². The first-order valence-electron chi connectivity index (χ1n) is 8.20. The number of benzene rings is 1. The fourth-order valence-corrected chi connectivity index (χ4v) is 4.62. The summed E-state index contributed by atoms with van der Waals surface area (Å²) in [5.74, 6) is 0.582. The molecule has 1 saturated heterocycles. The van der Waals surface area contributed by atoms with Crippen LogP contribution in [-0.4, -0.2) is 35.6 Å². The third-order valence-electron chi connectivity index (χ3n) is 6.11. The van der Waals surface area contributed by atoms with E-state index >= 15 is 0 Å². The van der Waals surface area contributed by atoms with Crippen molar-refractivity contribution in [2.45, 2.75) is 44.3 Å². The SMILES string of the molecule is CC(CCCl)N1CC2(C)C(=N)C[C@]2(c2ccc(C(F)(F)F)cc2)C1. The smallest absolute Gasteiger partial charge is 0.309 e. The Morgan fingerprint density at radius 2 is 1.88 bits per heavy atom. The minimum absolute atomic E-state index is 0.255. The first-order valence-corrected chi connectivity index (χ1v) is 8.73. The van der Waals surface area contributed by atoms with E-state index < -0.39 is 11.7 Å². The van der Waals surface area contributed by atoms with Crippen LogP contribution >= 0.6 is 11.6 Å². The summed E-state index contributed by atoms with van der Waals surface area (Å²) in [6.45, 7) is 5.74. The molecule has 3 atom stereocenters. The van der Waals surface area contributed by atoms with Crippen molar-refractivity contribution in [1.29, 1.82) is 5.41 Å². The average Bonchev–Trinajstić information content (AvgIpc) is 2.76. The molecule has 0 radical (unpaired) electrons. The number of likely N-dealkylation sites (tertiary alicyclic amines) is 1. The molecule has 0 spiro atoms. The lowest BCUT2D eigenvalue weighted by molar-refractivity contribution is -0.137. The number of rotatable bonds is 4. The van der Waals surface area contributed by atoms with Crippen LogP contribution in [-0.2, 0) is 11.6 Å². The van der Waals surface area contributed by atoms with Crippen LogP contribution in [0.5, 0.6) is 0 Å². The Hall–Kier alpha value is -1.07. The predicted octanol–water partition coefficient (Wildman–Crippen LogP) is 4.71. The number of fused-ring (bicyclic) bond motifs is 1. The molecule has 2 fully saturated rings. The number of alkyl halides is 4. The lowest BCUT2D eigenvalue weighted by Crippen LogP contribution is -2.59. The van der Waals surface area contributed by atoms with Crippen LogP contribution in [0.2, 0.25) is 0 Å². The first kappa shape index (κ1) is 17.7. The molecule has 0 aromatic heterocycles. The van der Waals surface area contributed by atoms with Crippen LogP contribution in [0.25, 0.3) is 0 Å². The van der Waals surface area contributed by atoms with E-state index in [0.29, 0.717) is 24.1 Å². The monoisotopic (exact) mass is 358 g/mol. The van der Waals surface area contributed by atoms with Crippen molar-refractivity contribution in [2.75, 3.05) is 19.0 Å². The van der Waals surface area contributed by atoms with Gasteiger partial charge >= 0.3 is 6.18 Å². The Kier molecular flexibility index (Phi) is 4.24. The quantitative estimate of drug-likeness (QED) is 0.775. The third-order valence-corrected chi connectivity index (χ3v) is 6.33. The zero-order chi connectivity index (χ0) is 17.8. The maximum atomic E-state index is 12.8. The molecule has 3 rings (SSSR count). The molecule has 2 nitrogen and oxygen atoms in total. The van der Waals surface area contributed by atoms with Crippen molar-refractivity contribution >= 4 is 17.3 Å². The van der Waals surface area contributed by atoms with Crippen LogP contribution in [0.15, 0.2) is 24.3 Å². The lowest BCUT2D eigenvalue weighted by Gasteiger charge is -2.53. The van der Waals surface area contributed by atoms with E-state index in [0.717, 1.165) is 37.2 Å². The summed E-state index contributed by atoms with van der Waals surface area (Å²) in [4.78, 5) is 2.33. The zero-order valence-electron chi connectivity index (χ0n) is 13.9. The second-order valence-electron chi connectivity index (χ2n) is 7.38. The van der Waals surface area contributed by atoms with E-state index in [4.69, 9.17) is 17.0 Å². The molecule has 1 aliphatic heterocycles. The van der Waals surface area contributed by atoms with Gasteiger partial charge in [0, 0.05) is 41.6 Å². The van der Waals surface area contributed by atoms with Crippen molar-refractivity contribution in [1.82, 2.24) is 4.90 Å². The Bertz CT molecular complexity index is 643. The molecular formula is C18H22ClF3N2. The van der Waals surface area contributed by atoms with Crippen LogP contribution in [0.1, 0.15) is 37.8 Å². The molecule has 132 valence electrons. The summed E-state index contributed by atoms with van der Waals surface area (Å²) in [7, 11) is 0. The number of nitrogens with one attached hydrogen (secondary N) is 1. The highest BCUT2D eigenvalue weighted by Gasteiger charge is 2.66. The molecule has 24 heavy (non-hydrogen) atoms. The molecule has 1 aromatic carbocycles. The highest BCUT2D eigenvalue weighted by Crippen LogP contribution is 2.60. The fraction of sp³-hybridized carbons (Fsp3) is 0.611. The largest absolute Gasteiger partial charge is 0.416 e. The maximum absolute atomic E-state index is 12.8. The van der Waals surface area contributed by atoms with E-state index in [1.807, 2.05) is 0 Å².